The van der Waals surface area contributed by atoms with Crippen molar-refractivity contribution in [1.82, 2.24) is 4.90 Å². The molecule has 0 fully saturated rings. The van der Waals surface area contributed by atoms with Crippen molar-refractivity contribution in [1.29, 1.82) is 0 Å². The minimum atomic E-state index is -0.475. The molecule has 0 aliphatic heterocycles. The zero-order chi connectivity index (χ0) is 15.2. The monoisotopic (exact) mass is 287 g/mol. The van der Waals surface area contributed by atoms with Crippen LogP contribution in [0.25, 0.3) is 0 Å². The number of likely N-dealkylation sites (N-methyl/N-ethyl adjacent to an activating group) is 1. The van der Waals surface area contributed by atoms with Gasteiger partial charge < -0.3 is 4.74 Å². The predicted octanol–water partition coefficient (Wildman–Crippen LogP) is 3.15. The SMILES string of the molecule is COc1cccc(CN(C)CC(=O)c2ccccc2F)c1. The molecule has 3 nitrogen and oxygen atoms in total. The second kappa shape index (κ2) is 6.99. The number of hydrogen-bond donors (Lipinski definition) is 0. The molecule has 0 radical (unpaired) electrons. The minimum absolute atomic E-state index is 0.134. The molecular formula is C17H18FNO2. The Hall–Kier alpha value is -2.20. The lowest BCUT2D eigenvalue weighted by Crippen LogP contribution is -2.26. The topological polar surface area (TPSA) is 29.5 Å². The van der Waals surface area contributed by atoms with E-state index in [-0.39, 0.29) is 17.9 Å². The molecule has 0 aliphatic carbocycles. The zero-order valence-electron chi connectivity index (χ0n) is 12.2. The van der Waals surface area contributed by atoms with Gasteiger partial charge in [-0.3, -0.25) is 9.69 Å². The van der Waals surface area contributed by atoms with E-state index in [9.17, 15) is 9.18 Å². The molecule has 0 saturated carbocycles. The molecule has 0 atom stereocenters. The van der Waals surface area contributed by atoms with Gasteiger partial charge in [-0.1, -0.05) is 24.3 Å². The number of ketones is 1. The molecule has 2 rings (SSSR count). The third-order valence-corrected chi connectivity index (χ3v) is 3.17. The van der Waals surface area contributed by atoms with E-state index in [0.29, 0.717) is 6.54 Å². The summed E-state index contributed by atoms with van der Waals surface area (Å²) in [4.78, 5) is 13.9. The van der Waals surface area contributed by atoms with Crippen molar-refractivity contribution in [3.63, 3.8) is 0 Å². The number of benzene rings is 2. The maximum atomic E-state index is 13.6. The highest BCUT2D eigenvalue weighted by Gasteiger charge is 2.13. The summed E-state index contributed by atoms with van der Waals surface area (Å²) in [5.41, 5.74) is 1.17. The van der Waals surface area contributed by atoms with E-state index in [2.05, 4.69) is 0 Å². The second-order valence-corrected chi connectivity index (χ2v) is 4.93. The van der Waals surface area contributed by atoms with Crippen molar-refractivity contribution < 1.29 is 13.9 Å². The Labute approximate surface area is 124 Å². The normalized spacial score (nSPS) is 10.7. The minimum Gasteiger partial charge on any atom is -0.497 e. The lowest BCUT2D eigenvalue weighted by atomic mass is 10.1. The summed E-state index contributed by atoms with van der Waals surface area (Å²) >= 11 is 0. The Balaban J connectivity index is 1.99. The number of Topliss-reactive ketones (excluding diaryl/α,β-unsaturated/α-hetero) is 1. The summed E-state index contributed by atoms with van der Waals surface area (Å²) in [6.07, 6.45) is 0. The number of carbonyl (C=O) groups excluding carboxylic acids is 1. The van der Waals surface area contributed by atoms with Crippen LogP contribution in [0.15, 0.2) is 48.5 Å². The molecule has 21 heavy (non-hydrogen) atoms. The molecular weight excluding hydrogens is 269 g/mol. The molecule has 2 aromatic rings. The first-order chi connectivity index (χ1) is 10.1. The zero-order valence-corrected chi connectivity index (χ0v) is 12.2. The van der Waals surface area contributed by atoms with E-state index in [1.807, 2.05) is 36.2 Å². The molecule has 0 saturated heterocycles. The molecule has 110 valence electrons. The average molecular weight is 287 g/mol. The largest absolute Gasteiger partial charge is 0.497 e. The quantitative estimate of drug-likeness (QED) is 0.764. The molecule has 0 heterocycles. The molecule has 0 bridgehead atoms. The lowest BCUT2D eigenvalue weighted by molar-refractivity contribution is 0.0939. The summed E-state index contributed by atoms with van der Waals surface area (Å²) in [6, 6.07) is 13.7. The van der Waals surface area contributed by atoms with E-state index in [1.54, 1.807) is 19.2 Å². The fourth-order valence-electron chi connectivity index (χ4n) is 2.16. The van der Waals surface area contributed by atoms with E-state index < -0.39 is 5.82 Å². The van der Waals surface area contributed by atoms with E-state index in [4.69, 9.17) is 4.74 Å². The molecule has 2 aromatic carbocycles. The summed E-state index contributed by atoms with van der Waals surface area (Å²) < 4.78 is 18.7. The summed E-state index contributed by atoms with van der Waals surface area (Å²) in [7, 11) is 3.45. The van der Waals surface area contributed by atoms with Crippen molar-refractivity contribution >= 4 is 5.78 Å². The first-order valence-electron chi connectivity index (χ1n) is 6.69. The number of halogens is 1. The van der Waals surface area contributed by atoms with Gasteiger partial charge in [0.2, 0.25) is 0 Å². The Morgan fingerprint density at radius 2 is 1.95 bits per heavy atom. The number of rotatable bonds is 6. The Kier molecular flexibility index (Phi) is 5.06. The van der Waals surface area contributed by atoms with Crippen molar-refractivity contribution in [3.05, 3.63) is 65.5 Å². The van der Waals surface area contributed by atoms with Crippen LogP contribution in [0.1, 0.15) is 15.9 Å². The fourth-order valence-corrected chi connectivity index (χ4v) is 2.16. The van der Waals surface area contributed by atoms with Gasteiger partial charge in [0.05, 0.1) is 19.2 Å². The van der Waals surface area contributed by atoms with Crippen LogP contribution < -0.4 is 4.74 Å². The van der Waals surface area contributed by atoms with Crippen LogP contribution in [0.3, 0.4) is 0 Å². The summed E-state index contributed by atoms with van der Waals surface area (Å²) in [5.74, 6) is 0.0807. The van der Waals surface area contributed by atoms with E-state index in [1.165, 1.54) is 12.1 Å². The molecule has 0 spiro atoms. The number of hydrogen-bond acceptors (Lipinski definition) is 3. The van der Waals surface area contributed by atoms with Gasteiger partial charge in [-0.25, -0.2) is 4.39 Å². The number of nitrogens with zero attached hydrogens (tertiary/aromatic N) is 1. The third-order valence-electron chi connectivity index (χ3n) is 3.17. The van der Waals surface area contributed by atoms with Crippen molar-refractivity contribution in [2.45, 2.75) is 6.54 Å². The smallest absolute Gasteiger partial charge is 0.179 e. The third kappa shape index (κ3) is 4.13. The van der Waals surface area contributed by atoms with E-state index >= 15 is 0 Å². The number of carbonyl (C=O) groups is 1. The van der Waals surface area contributed by atoms with Gasteiger partial charge in [0.1, 0.15) is 11.6 Å². The standard InChI is InChI=1S/C17H18FNO2/c1-19(11-13-6-5-7-14(10-13)21-2)12-17(20)15-8-3-4-9-16(15)18/h3-10H,11-12H2,1-2H3. The highest BCUT2D eigenvalue weighted by atomic mass is 19.1. The Bertz CT molecular complexity index is 628. The maximum absolute atomic E-state index is 13.6. The average Bonchev–Trinajstić information content (AvgIpc) is 2.47. The highest BCUT2D eigenvalue weighted by molar-refractivity contribution is 5.97. The van der Waals surface area contributed by atoms with Crippen LogP contribution >= 0.6 is 0 Å². The van der Waals surface area contributed by atoms with Crippen molar-refractivity contribution in [2.24, 2.45) is 0 Å². The molecule has 0 N–H and O–H groups in total. The predicted molar refractivity (Wildman–Crippen MR) is 80.1 cm³/mol. The second-order valence-electron chi connectivity index (χ2n) is 4.93. The molecule has 0 unspecified atom stereocenters. The number of methoxy groups -OCH3 is 1. The van der Waals surface area contributed by atoms with Crippen LogP contribution in [0.4, 0.5) is 4.39 Å². The van der Waals surface area contributed by atoms with Gasteiger partial charge in [-0.2, -0.15) is 0 Å². The first-order valence-corrected chi connectivity index (χ1v) is 6.69. The van der Waals surface area contributed by atoms with Crippen molar-refractivity contribution in [3.8, 4) is 5.75 Å². The molecule has 0 aromatic heterocycles. The molecule has 0 amide bonds. The first kappa shape index (κ1) is 15.2. The molecule has 4 heteroatoms. The van der Waals surface area contributed by atoms with Gasteiger partial charge in [0.25, 0.3) is 0 Å². The van der Waals surface area contributed by atoms with Crippen LogP contribution in [-0.2, 0) is 6.54 Å². The van der Waals surface area contributed by atoms with Crippen LogP contribution in [-0.4, -0.2) is 31.4 Å². The highest BCUT2D eigenvalue weighted by Crippen LogP contribution is 2.14. The van der Waals surface area contributed by atoms with Gasteiger partial charge in [0, 0.05) is 6.54 Å². The summed E-state index contributed by atoms with van der Waals surface area (Å²) in [6.45, 7) is 0.759. The Morgan fingerprint density at radius 1 is 1.19 bits per heavy atom. The lowest BCUT2D eigenvalue weighted by Gasteiger charge is -2.16. The van der Waals surface area contributed by atoms with Crippen LogP contribution in [0.2, 0.25) is 0 Å². The molecule has 0 aliphatic rings. The van der Waals surface area contributed by atoms with Gasteiger partial charge >= 0.3 is 0 Å². The van der Waals surface area contributed by atoms with Crippen molar-refractivity contribution in [2.75, 3.05) is 20.7 Å². The van der Waals surface area contributed by atoms with Gasteiger partial charge in [-0.15, -0.1) is 0 Å². The van der Waals surface area contributed by atoms with Gasteiger partial charge in [-0.05, 0) is 36.9 Å². The summed E-state index contributed by atoms with van der Waals surface area (Å²) in [5, 5.41) is 0. The van der Waals surface area contributed by atoms with E-state index in [0.717, 1.165) is 11.3 Å². The fraction of sp³-hybridized carbons (Fsp3) is 0.235. The maximum Gasteiger partial charge on any atom is 0.179 e. The van der Waals surface area contributed by atoms with Crippen LogP contribution in [0, 0.1) is 5.82 Å². The Morgan fingerprint density at radius 3 is 2.67 bits per heavy atom. The van der Waals surface area contributed by atoms with Gasteiger partial charge in [0.15, 0.2) is 5.78 Å². The van der Waals surface area contributed by atoms with Crippen LogP contribution in [0.5, 0.6) is 5.75 Å². The number of ether oxygens (including phenoxy) is 1.